The van der Waals surface area contributed by atoms with Crippen molar-refractivity contribution in [2.24, 2.45) is 5.73 Å². The summed E-state index contributed by atoms with van der Waals surface area (Å²) in [6.07, 6.45) is 4.71. The van der Waals surface area contributed by atoms with E-state index in [1.807, 2.05) is 48.2 Å². The van der Waals surface area contributed by atoms with Gasteiger partial charge in [-0.1, -0.05) is 59.6 Å². The molecule has 2 aromatic heterocycles. The van der Waals surface area contributed by atoms with Crippen LogP contribution in [0.15, 0.2) is 97.3 Å². The van der Waals surface area contributed by atoms with E-state index in [1.165, 1.54) is 12.1 Å². The number of nitrogens with one attached hydrogen (secondary N) is 1. The molecule has 17 heteroatoms. The smallest absolute Gasteiger partial charge is 0.256 e. The van der Waals surface area contributed by atoms with Gasteiger partial charge >= 0.3 is 0 Å². The minimum Gasteiger partial charge on any atom is -0.366 e. The Morgan fingerprint density at radius 3 is 1.47 bits per heavy atom. The number of halogens is 4. The lowest BCUT2D eigenvalue weighted by Crippen LogP contribution is -2.49. The number of rotatable bonds is 10. The van der Waals surface area contributed by atoms with E-state index in [1.54, 1.807) is 65.7 Å². The van der Waals surface area contributed by atoms with E-state index in [4.69, 9.17) is 28.9 Å². The number of sulfonamides is 1. The first-order valence-electron chi connectivity index (χ1n) is 19.6. The van der Waals surface area contributed by atoms with Gasteiger partial charge in [0, 0.05) is 112 Å². The van der Waals surface area contributed by atoms with Crippen LogP contribution in [0, 0.1) is 11.6 Å². The number of nitrogens with two attached hydrogens (primary N) is 1. The van der Waals surface area contributed by atoms with Crippen LogP contribution < -0.4 is 20.3 Å². The molecule has 12 nitrogen and oxygen atoms in total. The van der Waals surface area contributed by atoms with Crippen LogP contribution in [-0.4, -0.2) is 111 Å². The Morgan fingerprint density at radius 2 is 1.07 bits per heavy atom. The zero-order valence-corrected chi connectivity index (χ0v) is 35.4. The van der Waals surface area contributed by atoms with Crippen molar-refractivity contribution in [3.63, 3.8) is 0 Å². The molecule has 4 heterocycles. The Hall–Kier alpha value is -5.19. The number of hydrogen-bond acceptors (Lipinski definition) is 7. The van der Waals surface area contributed by atoms with Gasteiger partial charge in [-0.15, -0.1) is 0 Å². The number of hydrogen-bond donors (Lipinski definition) is 2. The molecular formula is C43H46Cl2F2N8O4S. The van der Waals surface area contributed by atoms with Crippen molar-refractivity contribution in [3.8, 4) is 0 Å². The van der Waals surface area contributed by atoms with E-state index in [9.17, 15) is 26.8 Å². The monoisotopic (exact) mass is 878 g/mol. The summed E-state index contributed by atoms with van der Waals surface area (Å²) in [5.41, 5.74) is 9.71. The molecule has 3 N–H and O–H groups in total. The van der Waals surface area contributed by atoms with Crippen molar-refractivity contribution in [3.05, 3.63) is 130 Å². The fourth-order valence-electron chi connectivity index (χ4n) is 7.79. The Labute approximate surface area is 357 Å². The van der Waals surface area contributed by atoms with Gasteiger partial charge in [-0.25, -0.2) is 21.9 Å². The predicted octanol–water partition coefficient (Wildman–Crippen LogP) is 6.30. The van der Waals surface area contributed by atoms with Crippen LogP contribution in [0.1, 0.15) is 20.7 Å². The minimum atomic E-state index is -3.31. The fraction of sp³-hybridized carbons (Fsp3) is 0.302. The van der Waals surface area contributed by atoms with Gasteiger partial charge < -0.3 is 34.5 Å². The molecule has 2 amide bonds. The van der Waals surface area contributed by atoms with E-state index < -0.39 is 10.0 Å². The highest BCUT2D eigenvalue weighted by molar-refractivity contribution is 7.88. The quantitative estimate of drug-likeness (QED) is 0.165. The summed E-state index contributed by atoms with van der Waals surface area (Å²) in [6.45, 7) is 5.96. The van der Waals surface area contributed by atoms with Gasteiger partial charge in [0.2, 0.25) is 10.0 Å². The van der Waals surface area contributed by atoms with Gasteiger partial charge in [0.25, 0.3) is 11.8 Å². The average Bonchev–Trinajstić information content (AvgIpc) is 3.78. The van der Waals surface area contributed by atoms with Crippen LogP contribution in [0.25, 0.3) is 21.8 Å². The molecule has 2 aliphatic heterocycles. The van der Waals surface area contributed by atoms with Crippen molar-refractivity contribution in [1.82, 2.24) is 23.7 Å². The number of amides is 2. The third-order valence-corrected chi connectivity index (χ3v) is 12.0. The highest BCUT2D eigenvalue weighted by Gasteiger charge is 2.28. The van der Waals surface area contributed by atoms with Crippen LogP contribution in [0.3, 0.4) is 0 Å². The first-order chi connectivity index (χ1) is 28.8. The number of carbonyl (C=O) groups excluding carboxylic acids is 2. The first kappa shape index (κ1) is 42.9. The number of fused-ring (bicyclic) bond motifs is 2. The van der Waals surface area contributed by atoms with Gasteiger partial charge in [0.1, 0.15) is 11.6 Å². The zero-order valence-electron chi connectivity index (χ0n) is 33.0. The second-order valence-electron chi connectivity index (χ2n) is 14.7. The molecule has 8 rings (SSSR count). The molecule has 0 radical (unpaired) electrons. The summed E-state index contributed by atoms with van der Waals surface area (Å²) in [6, 6.07) is 24.2. The molecule has 2 saturated heterocycles. The van der Waals surface area contributed by atoms with Crippen molar-refractivity contribution in [2.75, 3.05) is 81.5 Å². The second kappa shape index (κ2) is 18.6. The van der Waals surface area contributed by atoms with Crippen LogP contribution in [0.4, 0.5) is 20.2 Å². The SMILES string of the molecule is CS(=O)(=O)NCCn1cc(C(=O)N2CCN(c3ccccc3F)CC2)c2ccc(Cl)cc21.NCCn1cc(C(=O)N2CCN(c3ccccc3F)CC2)c2ccc(Cl)cc21. The third-order valence-electron chi connectivity index (χ3n) is 10.8. The molecule has 0 aliphatic carbocycles. The van der Waals surface area contributed by atoms with Crippen LogP contribution in [0.2, 0.25) is 10.0 Å². The lowest BCUT2D eigenvalue weighted by molar-refractivity contribution is 0.0740. The van der Waals surface area contributed by atoms with Crippen molar-refractivity contribution in [2.45, 2.75) is 13.1 Å². The number of aromatic nitrogens is 2. The number of benzene rings is 4. The predicted molar refractivity (Wildman–Crippen MR) is 235 cm³/mol. The lowest BCUT2D eigenvalue weighted by Gasteiger charge is -2.36. The highest BCUT2D eigenvalue weighted by Crippen LogP contribution is 2.29. The largest absolute Gasteiger partial charge is 0.366 e. The van der Waals surface area contributed by atoms with Gasteiger partial charge in [-0.05, 0) is 48.5 Å². The van der Waals surface area contributed by atoms with Crippen molar-refractivity contribution < 1.29 is 26.8 Å². The number of nitrogens with zero attached hydrogens (tertiary/aromatic N) is 6. The normalized spacial score (nSPS) is 14.8. The number of piperazine rings is 2. The Bertz CT molecular complexity index is 2620. The van der Waals surface area contributed by atoms with Crippen LogP contribution in [0.5, 0.6) is 0 Å². The van der Waals surface area contributed by atoms with Crippen LogP contribution >= 0.6 is 23.2 Å². The number of carbonyl (C=O) groups is 2. The van der Waals surface area contributed by atoms with Gasteiger partial charge in [0.05, 0.1) is 39.8 Å². The maximum atomic E-state index is 14.1. The molecular weight excluding hydrogens is 833 g/mol. The molecule has 6 aromatic rings. The molecule has 0 atom stereocenters. The highest BCUT2D eigenvalue weighted by atomic mass is 35.5. The molecule has 2 aliphatic rings. The van der Waals surface area contributed by atoms with Crippen LogP contribution in [-0.2, 0) is 23.1 Å². The van der Waals surface area contributed by atoms with Crippen molar-refractivity contribution >= 4 is 78.2 Å². The van der Waals surface area contributed by atoms with Gasteiger partial charge in [-0.2, -0.15) is 0 Å². The summed E-state index contributed by atoms with van der Waals surface area (Å²) >= 11 is 12.3. The Morgan fingerprint density at radius 1 is 0.650 bits per heavy atom. The molecule has 2 fully saturated rings. The summed E-state index contributed by atoms with van der Waals surface area (Å²) < 4.78 is 57.2. The Kier molecular flexibility index (Phi) is 13.3. The molecule has 4 aromatic carbocycles. The van der Waals surface area contributed by atoms with E-state index >= 15 is 0 Å². The van der Waals surface area contributed by atoms with Gasteiger partial charge in [0.15, 0.2) is 0 Å². The minimum absolute atomic E-state index is 0.0173. The topological polar surface area (TPSA) is 129 Å². The van der Waals surface area contributed by atoms with E-state index in [2.05, 4.69) is 4.72 Å². The van der Waals surface area contributed by atoms with E-state index in [-0.39, 0.29) is 30.0 Å². The number of para-hydroxylation sites is 2. The average molecular weight is 880 g/mol. The number of anilines is 2. The summed E-state index contributed by atoms with van der Waals surface area (Å²) in [4.78, 5) is 34.0. The third kappa shape index (κ3) is 9.71. The lowest BCUT2D eigenvalue weighted by atomic mass is 10.1. The summed E-state index contributed by atoms with van der Waals surface area (Å²) in [5, 5.41) is 2.79. The van der Waals surface area contributed by atoms with E-state index in [0.29, 0.717) is 105 Å². The Balaban J connectivity index is 0.000000183. The zero-order chi connectivity index (χ0) is 42.6. The molecule has 0 saturated carbocycles. The van der Waals surface area contributed by atoms with Crippen molar-refractivity contribution in [1.29, 1.82) is 0 Å². The maximum Gasteiger partial charge on any atom is 0.256 e. The molecule has 316 valence electrons. The maximum absolute atomic E-state index is 14.1. The molecule has 0 unspecified atom stereocenters. The molecule has 0 bridgehead atoms. The summed E-state index contributed by atoms with van der Waals surface area (Å²) in [5.74, 6) is -0.629. The molecule has 0 spiro atoms. The second-order valence-corrected chi connectivity index (χ2v) is 17.4. The van der Waals surface area contributed by atoms with Gasteiger partial charge in [-0.3, -0.25) is 9.59 Å². The van der Waals surface area contributed by atoms with E-state index in [0.717, 1.165) is 28.1 Å². The standard InChI is InChI=1S/C22H24ClFN4O3S.C21H22ClFN4O/c1-32(30,31)25-8-9-28-15-18(17-7-6-16(23)14-21(17)28)22(29)27-12-10-26(11-13-27)20-5-3-2-4-19(20)24;22-15-5-6-16-17(14-27(8-7-24)20(16)13-15)21(28)26-11-9-25(10-12-26)19-4-2-1-3-18(19)23/h2-7,14-15,25H,8-13H2,1H3;1-6,13-14H,7-12,24H2. The first-order valence-corrected chi connectivity index (χ1v) is 22.2. The summed E-state index contributed by atoms with van der Waals surface area (Å²) in [7, 11) is -3.31. The molecule has 60 heavy (non-hydrogen) atoms. The fourth-order valence-corrected chi connectivity index (χ4v) is 8.58.